The summed E-state index contributed by atoms with van der Waals surface area (Å²) in [5.41, 5.74) is 6.74. The molecule has 0 fully saturated rings. The molecule has 6 nitrogen and oxygen atoms in total. The number of rotatable bonds is 8. The minimum Gasteiger partial charge on any atom is -0.491 e. The molecule has 28 heavy (non-hydrogen) atoms. The number of amides is 2. The zero-order valence-corrected chi connectivity index (χ0v) is 16.2. The van der Waals surface area contributed by atoms with Crippen LogP contribution in [0.15, 0.2) is 66.7 Å². The molecule has 0 bridgehead atoms. The number of halogens is 1. The monoisotopic (exact) mass is 401 g/mol. The van der Waals surface area contributed by atoms with E-state index in [0.29, 0.717) is 37.8 Å². The molecular weight excluding hydrogens is 378 g/mol. The van der Waals surface area contributed by atoms with Crippen LogP contribution in [0.1, 0.15) is 0 Å². The zero-order valence-electron chi connectivity index (χ0n) is 15.4. The fourth-order valence-corrected chi connectivity index (χ4v) is 2.63. The first-order valence-electron chi connectivity index (χ1n) is 8.82. The summed E-state index contributed by atoms with van der Waals surface area (Å²) in [6, 6.07) is 20.7. The van der Waals surface area contributed by atoms with Gasteiger partial charge in [-0.1, -0.05) is 36.4 Å². The molecule has 0 aromatic heterocycles. The van der Waals surface area contributed by atoms with E-state index in [1.54, 1.807) is 12.1 Å². The Hall–Kier alpha value is -2.80. The van der Waals surface area contributed by atoms with Gasteiger partial charge in [0, 0.05) is 24.0 Å². The molecular formula is C21H24ClN3O3. The second-order valence-electron chi connectivity index (χ2n) is 5.92. The number of fused-ring (bicyclic) bond motifs is 1. The van der Waals surface area contributed by atoms with Gasteiger partial charge in [0.2, 0.25) is 0 Å². The van der Waals surface area contributed by atoms with E-state index in [-0.39, 0.29) is 18.4 Å². The van der Waals surface area contributed by atoms with Gasteiger partial charge in [-0.25, -0.2) is 4.79 Å². The summed E-state index contributed by atoms with van der Waals surface area (Å²) >= 11 is 0. The molecule has 7 heteroatoms. The maximum atomic E-state index is 12.3. The molecule has 0 atom stereocenters. The van der Waals surface area contributed by atoms with Crippen LogP contribution in [0.4, 0.5) is 16.2 Å². The summed E-state index contributed by atoms with van der Waals surface area (Å²) < 4.78 is 10.9. The van der Waals surface area contributed by atoms with E-state index in [4.69, 9.17) is 15.2 Å². The third-order valence-corrected chi connectivity index (χ3v) is 3.86. The lowest BCUT2D eigenvalue weighted by Crippen LogP contribution is -2.19. The van der Waals surface area contributed by atoms with Crippen LogP contribution in [0.2, 0.25) is 0 Å². The van der Waals surface area contributed by atoms with E-state index in [1.165, 1.54) is 0 Å². The van der Waals surface area contributed by atoms with E-state index in [9.17, 15) is 4.79 Å². The molecule has 0 aliphatic carbocycles. The summed E-state index contributed by atoms with van der Waals surface area (Å²) in [6.07, 6.45) is 0. The Balaban J connectivity index is 0.00000280. The van der Waals surface area contributed by atoms with Gasteiger partial charge in [0.1, 0.15) is 12.4 Å². The van der Waals surface area contributed by atoms with Crippen molar-refractivity contribution in [3.05, 3.63) is 66.7 Å². The van der Waals surface area contributed by atoms with Gasteiger partial charge in [-0.15, -0.1) is 12.4 Å². The van der Waals surface area contributed by atoms with E-state index in [0.717, 1.165) is 16.5 Å². The highest BCUT2D eigenvalue weighted by Gasteiger charge is 2.05. The molecule has 0 heterocycles. The highest BCUT2D eigenvalue weighted by Crippen LogP contribution is 2.20. The topological polar surface area (TPSA) is 85.6 Å². The molecule has 0 aliphatic rings. The Bertz CT molecular complexity index is 905. The standard InChI is InChI=1S/C21H23N3O3.ClH/c22-10-11-26-12-13-27-20-7-3-6-18(15-20)23-21(25)24-19-9-8-16-4-1-2-5-17(16)14-19;/h1-9,14-15H,10-13,22H2,(H2,23,24,25);1H. The SMILES string of the molecule is Cl.NCCOCCOc1cccc(NC(=O)Nc2ccc3ccccc3c2)c1. The molecule has 2 amide bonds. The lowest BCUT2D eigenvalue weighted by Gasteiger charge is -2.11. The number of hydrogen-bond acceptors (Lipinski definition) is 4. The first-order valence-corrected chi connectivity index (χ1v) is 8.82. The molecule has 3 aromatic rings. The first kappa shape index (κ1) is 21.5. The molecule has 0 aliphatic heterocycles. The Morgan fingerprint density at radius 3 is 2.36 bits per heavy atom. The van der Waals surface area contributed by atoms with Crippen molar-refractivity contribution >= 4 is 40.6 Å². The van der Waals surface area contributed by atoms with Crippen LogP contribution < -0.4 is 21.1 Å². The fourth-order valence-electron chi connectivity index (χ4n) is 2.63. The van der Waals surface area contributed by atoms with E-state index in [1.807, 2.05) is 54.6 Å². The zero-order chi connectivity index (χ0) is 18.9. The maximum absolute atomic E-state index is 12.3. The van der Waals surface area contributed by atoms with Crippen LogP contribution in [0.3, 0.4) is 0 Å². The quantitative estimate of drug-likeness (QED) is 0.492. The van der Waals surface area contributed by atoms with Crippen molar-refractivity contribution in [2.45, 2.75) is 0 Å². The lowest BCUT2D eigenvalue weighted by atomic mass is 10.1. The number of nitrogens with two attached hydrogens (primary N) is 1. The molecule has 0 saturated heterocycles. The maximum Gasteiger partial charge on any atom is 0.323 e. The van der Waals surface area contributed by atoms with Crippen molar-refractivity contribution in [2.24, 2.45) is 5.73 Å². The Morgan fingerprint density at radius 1 is 0.821 bits per heavy atom. The van der Waals surface area contributed by atoms with Crippen molar-refractivity contribution in [3.63, 3.8) is 0 Å². The molecule has 0 spiro atoms. The van der Waals surface area contributed by atoms with Crippen LogP contribution in [0.5, 0.6) is 5.75 Å². The average molecular weight is 402 g/mol. The number of benzene rings is 3. The molecule has 3 rings (SSSR count). The summed E-state index contributed by atoms with van der Waals surface area (Å²) in [5, 5.41) is 7.86. The summed E-state index contributed by atoms with van der Waals surface area (Å²) in [4.78, 5) is 12.3. The number of hydrogen-bond donors (Lipinski definition) is 3. The van der Waals surface area contributed by atoms with Gasteiger partial charge in [0.25, 0.3) is 0 Å². The third-order valence-electron chi connectivity index (χ3n) is 3.86. The normalized spacial score (nSPS) is 10.2. The van der Waals surface area contributed by atoms with Crippen LogP contribution in [0, 0.1) is 0 Å². The summed E-state index contributed by atoms with van der Waals surface area (Å²) in [7, 11) is 0. The van der Waals surface area contributed by atoms with Crippen LogP contribution >= 0.6 is 12.4 Å². The Morgan fingerprint density at radius 2 is 1.57 bits per heavy atom. The fraction of sp³-hybridized carbons (Fsp3) is 0.190. The third kappa shape index (κ3) is 6.42. The highest BCUT2D eigenvalue weighted by molar-refractivity contribution is 6.01. The number of carbonyl (C=O) groups is 1. The largest absolute Gasteiger partial charge is 0.491 e. The molecule has 0 saturated carbocycles. The first-order chi connectivity index (χ1) is 13.2. The second kappa shape index (κ2) is 11.1. The number of urea groups is 1. The number of anilines is 2. The van der Waals surface area contributed by atoms with E-state index in [2.05, 4.69) is 10.6 Å². The van der Waals surface area contributed by atoms with E-state index >= 15 is 0 Å². The predicted octanol–water partition coefficient (Wildman–Crippen LogP) is 4.26. The second-order valence-corrected chi connectivity index (χ2v) is 5.92. The van der Waals surface area contributed by atoms with Crippen LogP contribution in [-0.2, 0) is 4.74 Å². The van der Waals surface area contributed by atoms with Gasteiger partial charge in [-0.2, -0.15) is 0 Å². The minimum atomic E-state index is -0.311. The predicted molar refractivity (Wildman–Crippen MR) is 116 cm³/mol. The number of nitrogens with one attached hydrogen (secondary N) is 2. The van der Waals surface area contributed by atoms with Gasteiger partial charge in [-0.3, -0.25) is 0 Å². The highest BCUT2D eigenvalue weighted by atomic mass is 35.5. The van der Waals surface area contributed by atoms with E-state index < -0.39 is 0 Å². The van der Waals surface area contributed by atoms with Crippen molar-refractivity contribution < 1.29 is 14.3 Å². The van der Waals surface area contributed by atoms with Crippen molar-refractivity contribution in [2.75, 3.05) is 37.0 Å². The minimum absolute atomic E-state index is 0. The van der Waals surface area contributed by atoms with Crippen molar-refractivity contribution in [1.82, 2.24) is 0 Å². The molecule has 4 N–H and O–H groups in total. The van der Waals surface area contributed by atoms with Crippen molar-refractivity contribution in [1.29, 1.82) is 0 Å². The van der Waals surface area contributed by atoms with Crippen LogP contribution in [-0.4, -0.2) is 32.4 Å². The Labute approximate surface area is 170 Å². The van der Waals surface area contributed by atoms with Gasteiger partial charge >= 0.3 is 6.03 Å². The summed E-state index contributed by atoms with van der Waals surface area (Å²) in [6.45, 7) is 1.90. The lowest BCUT2D eigenvalue weighted by molar-refractivity contribution is 0.106. The molecule has 0 unspecified atom stereocenters. The van der Waals surface area contributed by atoms with Gasteiger partial charge in [-0.05, 0) is 35.0 Å². The average Bonchev–Trinajstić information content (AvgIpc) is 2.68. The number of carbonyl (C=O) groups excluding carboxylic acids is 1. The van der Waals surface area contributed by atoms with Gasteiger partial charge < -0.3 is 25.8 Å². The Kier molecular flexibility index (Phi) is 8.55. The van der Waals surface area contributed by atoms with Crippen LogP contribution in [0.25, 0.3) is 10.8 Å². The smallest absolute Gasteiger partial charge is 0.323 e. The molecule has 3 aromatic carbocycles. The summed E-state index contributed by atoms with van der Waals surface area (Å²) in [5.74, 6) is 0.662. The molecule has 0 radical (unpaired) electrons. The number of ether oxygens (including phenoxy) is 2. The molecule has 148 valence electrons. The van der Waals surface area contributed by atoms with Crippen molar-refractivity contribution in [3.8, 4) is 5.75 Å². The van der Waals surface area contributed by atoms with Gasteiger partial charge in [0.15, 0.2) is 0 Å². The van der Waals surface area contributed by atoms with Gasteiger partial charge in [0.05, 0.1) is 13.2 Å².